The zero-order chi connectivity index (χ0) is 14.0. The summed E-state index contributed by atoms with van der Waals surface area (Å²) in [5.41, 5.74) is 1.40. The molecule has 0 spiro atoms. The van der Waals surface area contributed by atoms with Gasteiger partial charge in [-0.25, -0.2) is 9.37 Å². The van der Waals surface area contributed by atoms with Crippen molar-refractivity contribution in [2.45, 2.75) is 6.92 Å². The summed E-state index contributed by atoms with van der Waals surface area (Å²) in [5.74, 6) is -0.0389. The number of hydrogen-bond donors (Lipinski definition) is 1. The van der Waals surface area contributed by atoms with Crippen molar-refractivity contribution in [2.24, 2.45) is 0 Å². The van der Waals surface area contributed by atoms with Gasteiger partial charge in [0, 0.05) is 5.69 Å². The van der Waals surface area contributed by atoms with E-state index in [-0.39, 0.29) is 11.1 Å². The van der Waals surface area contributed by atoms with E-state index < -0.39 is 5.82 Å². The lowest BCUT2D eigenvalue weighted by Gasteiger charge is -2.11. The Hall–Kier alpha value is -1.59. The van der Waals surface area contributed by atoms with Crippen molar-refractivity contribution < 1.29 is 9.13 Å². The molecule has 0 radical (unpaired) electrons. The Morgan fingerprint density at radius 3 is 2.68 bits per heavy atom. The summed E-state index contributed by atoms with van der Waals surface area (Å²) < 4.78 is 18.6. The zero-order valence-electron chi connectivity index (χ0n) is 10.2. The van der Waals surface area contributed by atoms with E-state index in [1.54, 1.807) is 12.1 Å². The molecule has 2 aromatic rings. The van der Waals surface area contributed by atoms with E-state index in [0.29, 0.717) is 16.5 Å². The topological polar surface area (TPSA) is 47.0 Å². The van der Waals surface area contributed by atoms with E-state index in [0.717, 1.165) is 11.8 Å². The van der Waals surface area contributed by atoms with Gasteiger partial charge in [-0.2, -0.15) is 4.98 Å². The van der Waals surface area contributed by atoms with E-state index in [1.165, 1.54) is 7.11 Å². The summed E-state index contributed by atoms with van der Waals surface area (Å²) in [7, 11) is 1.53. The first-order chi connectivity index (χ1) is 9.01. The minimum Gasteiger partial charge on any atom is -0.495 e. The highest BCUT2D eigenvalue weighted by molar-refractivity contribution is 6.32. The highest BCUT2D eigenvalue weighted by Crippen LogP contribution is 2.32. The number of ether oxygens (including phenoxy) is 1. The van der Waals surface area contributed by atoms with Crippen LogP contribution in [0.1, 0.15) is 5.56 Å². The summed E-state index contributed by atoms with van der Waals surface area (Å²) in [6.45, 7) is 1.83. The van der Waals surface area contributed by atoms with Crippen LogP contribution in [0.25, 0.3) is 0 Å². The molecule has 0 aliphatic carbocycles. The van der Waals surface area contributed by atoms with Gasteiger partial charge < -0.3 is 10.1 Å². The molecule has 0 aliphatic rings. The lowest BCUT2D eigenvalue weighted by molar-refractivity contribution is 0.412. The number of methoxy groups -OCH3 is 1. The quantitative estimate of drug-likeness (QED) is 0.871. The van der Waals surface area contributed by atoms with Crippen LogP contribution in [-0.4, -0.2) is 17.1 Å². The van der Waals surface area contributed by atoms with Crippen LogP contribution in [0.5, 0.6) is 5.75 Å². The first-order valence-electron chi connectivity index (χ1n) is 5.30. The molecule has 0 unspecified atom stereocenters. The molecular formula is C12H10Cl2FN3O. The Morgan fingerprint density at radius 1 is 1.32 bits per heavy atom. The van der Waals surface area contributed by atoms with Gasteiger partial charge in [0.1, 0.15) is 5.75 Å². The predicted octanol–water partition coefficient (Wildman–Crippen LogP) is 3.98. The van der Waals surface area contributed by atoms with Crippen LogP contribution in [0.2, 0.25) is 10.3 Å². The minimum atomic E-state index is -0.603. The van der Waals surface area contributed by atoms with E-state index in [9.17, 15) is 4.39 Å². The molecule has 0 amide bonds. The second-order valence-corrected chi connectivity index (χ2v) is 4.51. The molecular weight excluding hydrogens is 292 g/mol. The van der Waals surface area contributed by atoms with Gasteiger partial charge in [-0.15, -0.1) is 0 Å². The van der Waals surface area contributed by atoms with Gasteiger partial charge >= 0.3 is 0 Å². The molecule has 0 aliphatic heterocycles. The number of nitrogens with zero attached hydrogens (tertiary/aromatic N) is 2. The Kier molecular flexibility index (Phi) is 4.07. The molecule has 0 atom stereocenters. The number of halogens is 3. The Labute approximate surface area is 119 Å². The van der Waals surface area contributed by atoms with Gasteiger partial charge in [-0.3, -0.25) is 0 Å². The van der Waals surface area contributed by atoms with E-state index in [1.807, 2.05) is 6.92 Å². The molecule has 0 saturated heterocycles. The van der Waals surface area contributed by atoms with Gasteiger partial charge in [0.2, 0.25) is 5.28 Å². The molecule has 4 nitrogen and oxygen atoms in total. The normalized spacial score (nSPS) is 10.4. The third kappa shape index (κ3) is 3.05. The molecule has 1 N–H and O–H groups in total. The SMILES string of the molecule is COc1c(C)cc(Nc2nc(Cl)ncc2F)cc1Cl. The molecule has 7 heteroatoms. The maximum absolute atomic E-state index is 13.5. The number of hydrogen-bond acceptors (Lipinski definition) is 4. The van der Waals surface area contributed by atoms with Crippen LogP contribution in [0.3, 0.4) is 0 Å². The van der Waals surface area contributed by atoms with Crippen molar-refractivity contribution in [3.63, 3.8) is 0 Å². The number of rotatable bonds is 3. The van der Waals surface area contributed by atoms with E-state index >= 15 is 0 Å². The van der Waals surface area contributed by atoms with Crippen molar-refractivity contribution in [3.05, 3.63) is 40.0 Å². The first-order valence-corrected chi connectivity index (χ1v) is 6.06. The fraction of sp³-hybridized carbons (Fsp3) is 0.167. The molecule has 1 aromatic heterocycles. The molecule has 0 saturated carbocycles. The number of benzene rings is 1. The predicted molar refractivity (Wildman–Crippen MR) is 73.0 cm³/mol. The second-order valence-electron chi connectivity index (χ2n) is 3.77. The van der Waals surface area contributed by atoms with E-state index in [4.69, 9.17) is 27.9 Å². The Morgan fingerprint density at radius 2 is 2.05 bits per heavy atom. The minimum absolute atomic E-state index is 0.0133. The lowest BCUT2D eigenvalue weighted by Crippen LogP contribution is -2.00. The number of aromatic nitrogens is 2. The van der Waals surface area contributed by atoms with Crippen LogP contribution >= 0.6 is 23.2 Å². The average Bonchev–Trinajstić information content (AvgIpc) is 2.33. The van der Waals surface area contributed by atoms with Crippen LogP contribution in [-0.2, 0) is 0 Å². The summed E-state index contributed by atoms with van der Waals surface area (Å²) in [6.07, 6.45) is 0.996. The van der Waals surface area contributed by atoms with Gasteiger partial charge in [0.05, 0.1) is 18.3 Å². The summed E-state index contributed by atoms with van der Waals surface area (Å²) in [4.78, 5) is 7.30. The third-order valence-electron chi connectivity index (χ3n) is 2.41. The molecule has 100 valence electrons. The maximum Gasteiger partial charge on any atom is 0.224 e. The average molecular weight is 302 g/mol. The molecule has 1 heterocycles. The molecule has 2 rings (SSSR count). The monoisotopic (exact) mass is 301 g/mol. The van der Waals surface area contributed by atoms with Crippen LogP contribution in [0, 0.1) is 12.7 Å². The highest BCUT2D eigenvalue weighted by atomic mass is 35.5. The Balaban J connectivity index is 2.36. The van der Waals surface area contributed by atoms with Crippen LogP contribution in [0.15, 0.2) is 18.3 Å². The number of anilines is 2. The van der Waals surface area contributed by atoms with Crippen LogP contribution in [0.4, 0.5) is 15.9 Å². The smallest absolute Gasteiger partial charge is 0.224 e. The van der Waals surface area contributed by atoms with Crippen molar-refractivity contribution >= 4 is 34.7 Å². The van der Waals surface area contributed by atoms with Gasteiger partial charge in [-0.1, -0.05) is 11.6 Å². The fourth-order valence-corrected chi connectivity index (χ4v) is 2.11. The molecule has 0 bridgehead atoms. The standard InChI is InChI=1S/C12H10Cl2FN3O/c1-6-3-7(4-8(13)10(6)19-2)17-11-9(15)5-16-12(14)18-11/h3-5H,1-2H3,(H,16,17,18). The summed E-state index contributed by atoms with van der Waals surface area (Å²) in [5, 5.41) is 3.18. The largest absolute Gasteiger partial charge is 0.495 e. The van der Waals surface area contributed by atoms with Gasteiger partial charge in [-0.05, 0) is 36.2 Å². The van der Waals surface area contributed by atoms with Crippen molar-refractivity contribution in [1.29, 1.82) is 0 Å². The van der Waals surface area contributed by atoms with Crippen molar-refractivity contribution in [3.8, 4) is 5.75 Å². The third-order valence-corrected chi connectivity index (χ3v) is 2.87. The van der Waals surface area contributed by atoms with Crippen molar-refractivity contribution in [1.82, 2.24) is 9.97 Å². The molecule has 19 heavy (non-hydrogen) atoms. The molecule has 0 fully saturated rings. The van der Waals surface area contributed by atoms with Gasteiger partial charge in [0.25, 0.3) is 0 Å². The van der Waals surface area contributed by atoms with Crippen LogP contribution < -0.4 is 10.1 Å². The summed E-state index contributed by atoms with van der Waals surface area (Å²) in [6, 6.07) is 3.38. The maximum atomic E-state index is 13.5. The second kappa shape index (κ2) is 5.59. The first kappa shape index (κ1) is 13.8. The Bertz CT molecular complexity index is 599. The molecule has 1 aromatic carbocycles. The van der Waals surface area contributed by atoms with Crippen molar-refractivity contribution in [2.75, 3.05) is 12.4 Å². The lowest BCUT2D eigenvalue weighted by atomic mass is 10.2. The zero-order valence-corrected chi connectivity index (χ0v) is 11.7. The summed E-state index contributed by atoms with van der Waals surface area (Å²) >= 11 is 11.7. The van der Waals surface area contributed by atoms with E-state index in [2.05, 4.69) is 15.3 Å². The van der Waals surface area contributed by atoms with Gasteiger partial charge in [0.15, 0.2) is 11.6 Å². The number of nitrogens with one attached hydrogen (secondary N) is 1. The number of aryl methyl sites for hydroxylation is 1. The highest BCUT2D eigenvalue weighted by Gasteiger charge is 2.10. The fourth-order valence-electron chi connectivity index (χ4n) is 1.63.